The molecule has 1 heterocycles. The van der Waals surface area contributed by atoms with Crippen LogP contribution in [0, 0.1) is 11.8 Å². The molecule has 0 radical (unpaired) electrons. The number of esters is 1. The number of rotatable bonds is 6. The van der Waals surface area contributed by atoms with E-state index < -0.39 is 5.54 Å². The molecule has 3 unspecified atom stereocenters. The number of ether oxygens (including phenoxy) is 1. The standard InChI is InChI=1S/C17H32N2O2/c1-17(18-2,16(20)21-3)10-6-11-19-12-9-14-7-4-5-8-15(14)13-19/h14-15,18H,4-13H2,1-3H3. The Balaban J connectivity index is 1.74. The quantitative estimate of drug-likeness (QED) is 0.764. The summed E-state index contributed by atoms with van der Waals surface area (Å²) in [7, 11) is 3.30. The molecule has 0 aromatic carbocycles. The van der Waals surface area contributed by atoms with E-state index in [0.29, 0.717) is 0 Å². The maximum atomic E-state index is 11.8. The van der Waals surface area contributed by atoms with Gasteiger partial charge in [0, 0.05) is 6.54 Å². The van der Waals surface area contributed by atoms with Gasteiger partial charge < -0.3 is 15.0 Å². The predicted octanol–water partition coefficient (Wildman–Crippen LogP) is 2.43. The average Bonchev–Trinajstić information content (AvgIpc) is 2.53. The number of likely N-dealkylation sites (tertiary alicyclic amines) is 1. The molecule has 1 aliphatic heterocycles. The summed E-state index contributed by atoms with van der Waals surface area (Å²) in [6.45, 7) is 5.57. The second-order valence-electron chi connectivity index (χ2n) is 7.07. The number of fused-ring (bicyclic) bond motifs is 1. The van der Waals surface area contributed by atoms with Crippen molar-refractivity contribution in [1.29, 1.82) is 0 Å². The molecular weight excluding hydrogens is 264 g/mol. The number of hydrogen-bond acceptors (Lipinski definition) is 4. The molecule has 4 heteroatoms. The van der Waals surface area contributed by atoms with Crippen LogP contribution in [0.15, 0.2) is 0 Å². The van der Waals surface area contributed by atoms with Gasteiger partial charge in [0.25, 0.3) is 0 Å². The maximum Gasteiger partial charge on any atom is 0.325 e. The van der Waals surface area contributed by atoms with Gasteiger partial charge in [0.05, 0.1) is 7.11 Å². The molecule has 2 fully saturated rings. The Bertz CT molecular complexity index is 348. The van der Waals surface area contributed by atoms with E-state index in [-0.39, 0.29) is 5.97 Å². The van der Waals surface area contributed by atoms with Crippen molar-refractivity contribution in [3.8, 4) is 0 Å². The maximum absolute atomic E-state index is 11.8. The minimum atomic E-state index is -0.544. The lowest BCUT2D eigenvalue weighted by Crippen LogP contribution is -2.49. The summed E-state index contributed by atoms with van der Waals surface area (Å²) >= 11 is 0. The van der Waals surface area contributed by atoms with E-state index in [9.17, 15) is 4.79 Å². The predicted molar refractivity (Wildman–Crippen MR) is 85.2 cm³/mol. The van der Waals surface area contributed by atoms with E-state index in [1.807, 2.05) is 14.0 Å². The minimum Gasteiger partial charge on any atom is -0.468 e. The lowest BCUT2D eigenvalue weighted by atomic mass is 9.75. The second kappa shape index (κ2) is 7.59. The van der Waals surface area contributed by atoms with Gasteiger partial charge in [-0.2, -0.15) is 0 Å². The van der Waals surface area contributed by atoms with Gasteiger partial charge in [-0.3, -0.25) is 4.79 Å². The van der Waals surface area contributed by atoms with Crippen LogP contribution in [0.25, 0.3) is 0 Å². The number of carbonyl (C=O) groups is 1. The molecule has 0 aromatic rings. The van der Waals surface area contributed by atoms with Gasteiger partial charge in [-0.05, 0) is 64.6 Å². The van der Waals surface area contributed by atoms with Gasteiger partial charge in [-0.15, -0.1) is 0 Å². The first-order valence-corrected chi connectivity index (χ1v) is 8.59. The molecule has 1 N–H and O–H groups in total. The van der Waals surface area contributed by atoms with Gasteiger partial charge in [0.15, 0.2) is 0 Å². The molecule has 2 rings (SSSR count). The van der Waals surface area contributed by atoms with Gasteiger partial charge in [0.1, 0.15) is 5.54 Å². The molecule has 0 amide bonds. The van der Waals surface area contributed by atoms with Crippen molar-refractivity contribution >= 4 is 5.97 Å². The molecule has 21 heavy (non-hydrogen) atoms. The van der Waals surface area contributed by atoms with E-state index in [1.165, 1.54) is 52.3 Å². The summed E-state index contributed by atoms with van der Waals surface area (Å²) in [6.07, 6.45) is 9.02. The Kier molecular flexibility index (Phi) is 6.06. The molecule has 0 bridgehead atoms. The Hall–Kier alpha value is -0.610. The molecule has 1 saturated heterocycles. The van der Waals surface area contributed by atoms with Crippen LogP contribution in [0.2, 0.25) is 0 Å². The fraction of sp³-hybridized carbons (Fsp3) is 0.941. The van der Waals surface area contributed by atoms with Crippen LogP contribution < -0.4 is 5.32 Å². The van der Waals surface area contributed by atoms with Crippen LogP contribution in [0.3, 0.4) is 0 Å². The molecule has 4 nitrogen and oxygen atoms in total. The number of carbonyl (C=O) groups excluding carboxylic acids is 1. The lowest BCUT2D eigenvalue weighted by Gasteiger charge is -2.41. The monoisotopic (exact) mass is 296 g/mol. The first-order chi connectivity index (χ1) is 10.1. The third-order valence-electron chi connectivity index (χ3n) is 5.71. The number of nitrogens with one attached hydrogen (secondary N) is 1. The molecule has 2 aliphatic rings. The van der Waals surface area contributed by atoms with Crippen molar-refractivity contribution in [2.24, 2.45) is 11.8 Å². The Morgan fingerprint density at radius 2 is 2.00 bits per heavy atom. The van der Waals surface area contributed by atoms with Gasteiger partial charge in [0.2, 0.25) is 0 Å². The number of nitrogens with zero attached hydrogens (tertiary/aromatic N) is 1. The molecule has 122 valence electrons. The zero-order valence-corrected chi connectivity index (χ0v) is 14.0. The number of hydrogen-bond donors (Lipinski definition) is 1. The molecule has 3 atom stereocenters. The fourth-order valence-electron chi connectivity index (χ4n) is 4.09. The normalized spacial score (nSPS) is 29.5. The highest BCUT2D eigenvalue weighted by Gasteiger charge is 2.33. The van der Waals surface area contributed by atoms with Crippen molar-refractivity contribution < 1.29 is 9.53 Å². The van der Waals surface area contributed by atoms with E-state index in [0.717, 1.165) is 31.2 Å². The van der Waals surface area contributed by atoms with E-state index in [1.54, 1.807) is 0 Å². The summed E-state index contributed by atoms with van der Waals surface area (Å²) in [5, 5.41) is 3.12. The summed E-state index contributed by atoms with van der Waals surface area (Å²) in [5.74, 6) is 1.77. The zero-order valence-electron chi connectivity index (χ0n) is 14.0. The van der Waals surface area contributed by atoms with Crippen LogP contribution in [0.5, 0.6) is 0 Å². The third kappa shape index (κ3) is 4.19. The first kappa shape index (κ1) is 16.8. The largest absolute Gasteiger partial charge is 0.468 e. The number of methoxy groups -OCH3 is 1. The van der Waals surface area contributed by atoms with Gasteiger partial charge in [-0.1, -0.05) is 19.3 Å². The van der Waals surface area contributed by atoms with Crippen LogP contribution >= 0.6 is 0 Å². The average molecular weight is 296 g/mol. The molecular formula is C17H32N2O2. The van der Waals surface area contributed by atoms with Crippen LogP contribution in [0.1, 0.15) is 51.9 Å². The topological polar surface area (TPSA) is 41.6 Å². The van der Waals surface area contributed by atoms with Gasteiger partial charge >= 0.3 is 5.97 Å². The number of piperidine rings is 1. The van der Waals surface area contributed by atoms with Crippen LogP contribution in [-0.4, -0.2) is 50.2 Å². The zero-order chi connectivity index (χ0) is 15.3. The number of likely N-dealkylation sites (N-methyl/N-ethyl adjacent to an activating group) is 1. The van der Waals surface area contributed by atoms with Crippen molar-refractivity contribution in [3.05, 3.63) is 0 Å². The first-order valence-electron chi connectivity index (χ1n) is 8.59. The van der Waals surface area contributed by atoms with E-state index in [4.69, 9.17) is 4.74 Å². The summed E-state index contributed by atoms with van der Waals surface area (Å²) in [5.41, 5.74) is -0.544. The molecule has 1 aliphatic carbocycles. The summed E-state index contributed by atoms with van der Waals surface area (Å²) in [6, 6.07) is 0. The van der Waals surface area contributed by atoms with Crippen molar-refractivity contribution in [1.82, 2.24) is 10.2 Å². The highest BCUT2D eigenvalue weighted by Crippen LogP contribution is 2.36. The van der Waals surface area contributed by atoms with Gasteiger partial charge in [-0.25, -0.2) is 0 Å². The Labute approximate surface area is 129 Å². The van der Waals surface area contributed by atoms with Crippen molar-refractivity contribution in [2.75, 3.05) is 33.8 Å². The summed E-state index contributed by atoms with van der Waals surface area (Å²) < 4.78 is 4.90. The summed E-state index contributed by atoms with van der Waals surface area (Å²) in [4.78, 5) is 14.4. The minimum absolute atomic E-state index is 0.156. The van der Waals surface area contributed by atoms with Crippen LogP contribution in [-0.2, 0) is 9.53 Å². The van der Waals surface area contributed by atoms with Crippen molar-refractivity contribution in [3.63, 3.8) is 0 Å². The molecule has 0 aromatic heterocycles. The molecule has 1 saturated carbocycles. The highest BCUT2D eigenvalue weighted by molar-refractivity contribution is 5.80. The Morgan fingerprint density at radius 1 is 1.29 bits per heavy atom. The Morgan fingerprint density at radius 3 is 2.67 bits per heavy atom. The SMILES string of the molecule is CNC(C)(CCCN1CCC2CCCCC2C1)C(=O)OC. The van der Waals surface area contributed by atoms with E-state index >= 15 is 0 Å². The lowest BCUT2D eigenvalue weighted by molar-refractivity contribution is -0.148. The third-order valence-corrected chi connectivity index (χ3v) is 5.71. The highest BCUT2D eigenvalue weighted by atomic mass is 16.5. The van der Waals surface area contributed by atoms with Crippen molar-refractivity contribution in [2.45, 2.75) is 57.4 Å². The van der Waals surface area contributed by atoms with E-state index in [2.05, 4.69) is 10.2 Å². The van der Waals surface area contributed by atoms with Crippen LogP contribution in [0.4, 0.5) is 0 Å². The smallest absolute Gasteiger partial charge is 0.325 e. The fourth-order valence-corrected chi connectivity index (χ4v) is 4.09. The molecule has 0 spiro atoms. The second-order valence-corrected chi connectivity index (χ2v) is 7.07.